The van der Waals surface area contributed by atoms with Gasteiger partial charge in [0.05, 0.1) is 12.8 Å². The Morgan fingerprint density at radius 3 is 2.95 bits per heavy atom. The predicted octanol–water partition coefficient (Wildman–Crippen LogP) is 1.92. The van der Waals surface area contributed by atoms with Gasteiger partial charge in [0.25, 0.3) is 0 Å². The second-order valence-electron chi connectivity index (χ2n) is 3.89. The maximum absolute atomic E-state index is 9.67. The Kier molecular flexibility index (Phi) is 2.75. The van der Waals surface area contributed by atoms with Crippen molar-refractivity contribution in [2.75, 3.05) is 6.61 Å². The fraction of sp³-hybridized carbons (Fsp3) is 0.154. The lowest BCUT2D eigenvalue weighted by molar-refractivity contribution is 0.338. The lowest BCUT2D eigenvalue weighted by atomic mass is 10.3. The Labute approximate surface area is 109 Å². The van der Waals surface area contributed by atoms with E-state index in [1.165, 1.54) is 12.5 Å². The molecule has 2 heterocycles. The molecule has 0 spiro atoms. The molecule has 0 aliphatic heterocycles. The standard InChI is InChI=1S/C13H12N4O2/c1-2-19-11-6-4-3-5-10(11)17-12-9(7-16-17)13(18)15-8-14-12/h3-8H,2H2,1H3,(H,14,15,18). The zero-order chi connectivity index (χ0) is 13.2. The highest BCUT2D eigenvalue weighted by molar-refractivity contribution is 5.81. The number of rotatable bonds is 3. The van der Waals surface area contributed by atoms with E-state index in [4.69, 9.17) is 4.74 Å². The zero-order valence-corrected chi connectivity index (χ0v) is 10.3. The van der Waals surface area contributed by atoms with Crippen LogP contribution in [-0.2, 0) is 0 Å². The van der Waals surface area contributed by atoms with Crippen LogP contribution < -0.4 is 4.74 Å². The Bertz CT molecular complexity index is 723. The fourth-order valence-electron chi connectivity index (χ4n) is 1.92. The number of para-hydroxylation sites is 2. The minimum atomic E-state index is -0.0786. The van der Waals surface area contributed by atoms with Crippen LogP contribution in [0.2, 0.25) is 0 Å². The molecule has 0 aliphatic rings. The second kappa shape index (κ2) is 4.56. The van der Waals surface area contributed by atoms with Gasteiger partial charge in [0.15, 0.2) is 5.65 Å². The van der Waals surface area contributed by atoms with E-state index in [-0.39, 0.29) is 5.88 Å². The molecular formula is C13H12N4O2. The van der Waals surface area contributed by atoms with Crippen molar-refractivity contribution < 1.29 is 9.84 Å². The van der Waals surface area contributed by atoms with Crippen LogP contribution in [0.4, 0.5) is 0 Å². The second-order valence-corrected chi connectivity index (χ2v) is 3.89. The van der Waals surface area contributed by atoms with E-state index in [2.05, 4.69) is 15.1 Å². The predicted molar refractivity (Wildman–Crippen MR) is 69.5 cm³/mol. The van der Waals surface area contributed by atoms with E-state index >= 15 is 0 Å². The number of hydrogen-bond acceptors (Lipinski definition) is 5. The van der Waals surface area contributed by atoms with Gasteiger partial charge in [0.2, 0.25) is 5.88 Å². The molecule has 1 N–H and O–H groups in total. The first-order valence-electron chi connectivity index (χ1n) is 5.91. The molecule has 0 bridgehead atoms. The molecule has 0 radical (unpaired) electrons. The largest absolute Gasteiger partial charge is 0.493 e. The summed E-state index contributed by atoms with van der Waals surface area (Å²) in [7, 11) is 0. The average molecular weight is 256 g/mol. The molecular weight excluding hydrogens is 244 g/mol. The molecule has 0 unspecified atom stereocenters. The summed E-state index contributed by atoms with van der Waals surface area (Å²) in [4.78, 5) is 7.89. The van der Waals surface area contributed by atoms with E-state index in [9.17, 15) is 5.11 Å². The summed E-state index contributed by atoms with van der Waals surface area (Å²) in [5.41, 5.74) is 1.32. The fourth-order valence-corrected chi connectivity index (χ4v) is 1.92. The number of hydrogen-bond donors (Lipinski definition) is 1. The highest BCUT2D eigenvalue weighted by Crippen LogP contribution is 2.27. The van der Waals surface area contributed by atoms with E-state index < -0.39 is 0 Å². The average Bonchev–Trinajstić information content (AvgIpc) is 2.85. The van der Waals surface area contributed by atoms with Gasteiger partial charge in [-0.2, -0.15) is 5.10 Å². The first kappa shape index (κ1) is 11.5. The molecule has 0 saturated heterocycles. The molecule has 2 aromatic heterocycles. The molecule has 3 aromatic rings. The summed E-state index contributed by atoms with van der Waals surface area (Å²) in [6, 6.07) is 7.54. The minimum absolute atomic E-state index is 0.0786. The summed E-state index contributed by atoms with van der Waals surface area (Å²) in [6.45, 7) is 2.49. The van der Waals surface area contributed by atoms with Gasteiger partial charge in [-0.15, -0.1) is 0 Å². The summed E-state index contributed by atoms with van der Waals surface area (Å²) in [5, 5.41) is 14.4. The van der Waals surface area contributed by atoms with Crippen molar-refractivity contribution >= 4 is 11.0 Å². The van der Waals surface area contributed by atoms with Crippen LogP contribution in [0.1, 0.15) is 6.92 Å². The molecule has 6 nitrogen and oxygen atoms in total. The third-order valence-electron chi connectivity index (χ3n) is 2.74. The third-order valence-corrected chi connectivity index (χ3v) is 2.74. The molecule has 0 amide bonds. The normalized spacial score (nSPS) is 10.8. The van der Waals surface area contributed by atoms with Crippen LogP contribution >= 0.6 is 0 Å². The van der Waals surface area contributed by atoms with Crippen molar-refractivity contribution in [3.8, 4) is 17.3 Å². The number of fused-ring (bicyclic) bond motifs is 1. The summed E-state index contributed by atoms with van der Waals surface area (Å²) in [5.74, 6) is 0.637. The summed E-state index contributed by atoms with van der Waals surface area (Å²) in [6.07, 6.45) is 2.84. The van der Waals surface area contributed by atoms with Crippen molar-refractivity contribution in [2.24, 2.45) is 0 Å². The van der Waals surface area contributed by atoms with E-state index in [1.54, 1.807) is 4.68 Å². The van der Waals surface area contributed by atoms with Gasteiger partial charge in [-0.1, -0.05) is 12.1 Å². The van der Waals surface area contributed by atoms with Gasteiger partial charge in [-0.3, -0.25) is 0 Å². The SMILES string of the molecule is CCOc1ccccc1-n1ncc2c(O)ncnc21. The molecule has 6 heteroatoms. The quantitative estimate of drug-likeness (QED) is 0.775. The molecule has 0 fully saturated rings. The minimum Gasteiger partial charge on any atom is -0.493 e. The van der Waals surface area contributed by atoms with Crippen LogP contribution in [0.25, 0.3) is 16.7 Å². The van der Waals surface area contributed by atoms with Crippen molar-refractivity contribution in [2.45, 2.75) is 6.92 Å². The summed E-state index contributed by atoms with van der Waals surface area (Å²) >= 11 is 0. The molecule has 1 aromatic carbocycles. The molecule has 0 aliphatic carbocycles. The van der Waals surface area contributed by atoms with Crippen LogP contribution in [-0.4, -0.2) is 31.5 Å². The van der Waals surface area contributed by atoms with Crippen LogP contribution in [0.3, 0.4) is 0 Å². The van der Waals surface area contributed by atoms with Crippen molar-refractivity contribution in [1.82, 2.24) is 19.7 Å². The first-order valence-corrected chi connectivity index (χ1v) is 5.91. The van der Waals surface area contributed by atoms with E-state index in [1.807, 2.05) is 31.2 Å². The molecule has 96 valence electrons. The molecule has 0 atom stereocenters. The number of nitrogens with zero attached hydrogens (tertiary/aromatic N) is 4. The third kappa shape index (κ3) is 1.87. The molecule has 3 rings (SSSR count). The number of aromatic nitrogens is 4. The van der Waals surface area contributed by atoms with Crippen LogP contribution in [0.5, 0.6) is 11.6 Å². The maximum atomic E-state index is 9.67. The van der Waals surface area contributed by atoms with Crippen LogP contribution in [0.15, 0.2) is 36.8 Å². The zero-order valence-electron chi connectivity index (χ0n) is 10.3. The van der Waals surface area contributed by atoms with Gasteiger partial charge in [0.1, 0.15) is 23.2 Å². The molecule has 0 saturated carbocycles. The Balaban J connectivity index is 2.22. The van der Waals surface area contributed by atoms with Gasteiger partial charge in [0, 0.05) is 0 Å². The van der Waals surface area contributed by atoms with Crippen molar-refractivity contribution in [3.05, 3.63) is 36.8 Å². The van der Waals surface area contributed by atoms with Gasteiger partial charge in [-0.25, -0.2) is 14.6 Å². The Morgan fingerprint density at radius 2 is 2.11 bits per heavy atom. The highest BCUT2D eigenvalue weighted by atomic mass is 16.5. The highest BCUT2D eigenvalue weighted by Gasteiger charge is 2.13. The van der Waals surface area contributed by atoms with E-state index in [0.29, 0.717) is 23.4 Å². The van der Waals surface area contributed by atoms with Crippen molar-refractivity contribution in [1.29, 1.82) is 0 Å². The lowest BCUT2D eigenvalue weighted by Crippen LogP contribution is -2.02. The van der Waals surface area contributed by atoms with Gasteiger partial charge >= 0.3 is 0 Å². The number of aromatic hydroxyl groups is 1. The monoisotopic (exact) mass is 256 g/mol. The lowest BCUT2D eigenvalue weighted by Gasteiger charge is -2.10. The number of benzene rings is 1. The first-order chi connectivity index (χ1) is 9.31. The van der Waals surface area contributed by atoms with Gasteiger partial charge < -0.3 is 9.84 Å². The number of ether oxygens (including phenoxy) is 1. The van der Waals surface area contributed by atoms with E-state index in [0.717, 1.165) is 5.69 Å². The Hall–Kier alpha value is -2.63. The van der Waals surface area contributed by atoms with Crippen LogP contribution in [0, 0.1) is 0 Å². The Morgan fingerprint density at radius 1 is 1.26 bits per heavy atom. The summed E-state index contributed by atoms with van der Waals surface area (Å²) < 4.78 is 7.20. The van der Waals surface area contributed by atoms with Crippen molar-refractivity contribution in [3.63, 3.8) is 0 Å². The maximum Gasteiger partial charge on any atom is 0.225 e. The smallest absolute Gasteiger partial charge is 0.225 e. The molecule has 19 heavy (non-hydrogen) atoms. The topological polar surface area (TPSA) is 73.1 Å². The van der Waals surface area contributed by atoms with Gasteiger partial charge in [-0.05, 0) is 19.1 Å².